The van der Waals surface area contributed by atoms with Gasteiger partial charge in [0.2, 0.25) is 0 Å². The predicted octanol–water partition coefficient (Wildman–Crippen LogP) is 1.63. The Morgan fingerprint density at radius 1 is 1.38 bits per heavy atom. The smallest absolute Gasteiger partial charge is 0.313 e. The van der Waals surface area contributed by atoms with E-state index in [1.807, 2.05) is 0 Å². The molecule has 1 atom stereocenters. The van der Waals surface area contributed by atoms with E-state index in [4.69, 9.17) is 14.2 Å². The van der Waals surface area contributed by atoms with Crippen LogP contribution in [0.2, 0.25) is 0 Å². The molecule has 1 heterocycles. The zero-order chi connectivity index (χ0) is 11.8. The summed E-state index contributed by atoms with van der Waals surface area (Å²) >= 11 is 0. The highest BCUT2D eigenvalue weighted by atomic mass is 16.5. The summed E-state index contributed by atoms with van der Waals surface area (Å²) in [5, 5.41) is 0. The number of rotatable bonds is 4. The van der Waals surface area contributed by atoms with Gasteiger partial charge < -0.3 is 14.2 Å². The monoisotopic (exact) mass is 230 g/mol. The van der Waals surface area contributed by atoms with Crippen molar-refractivity contribution in [3.63, 3.8) is 0 Å². The molecule has 4 nitrogen and oxygen atoms in total. The molecule has 0 radical (unpaired) electrons. The average Bonchev–Trinajstić information content (AvgIpc) is 2.32. The molecule has 1 saturated heterocycles. The fraction of sp³-hybridized carbons (Fsp3) is 0.917. The number of hydrogen-bond donors (Lipinski definition) is 0. The lowest BCUT2D eigenvalue weighted by Crippen LogP contribution is -2.27. The van der Waals surface area contributed by atoms with Crippen molar-refractivity contribution in [1.29, 1.82) is 0 Å². The molecule has 94 valence electrons. The molecule has 1 unspecified atom stereocenters. The topological polar surface area (TPSA) is 44.8 Å². The Hall–Kier alpha value is -0.610. The number of cyclic esters (lactones) is 1. The first-order chi connectivity index (χ1) is 7.70. The van der Waals surface area contributed by atoms with Gasteiger partial charge >= 0.3 is 5.97 Å². The van der Waals surface area contributed by atoms with E-state index in [0.29, 0.717) is 39.0 Å². The lowest BCUT2D eigenvalue weighted by Gasteiger charge is -2.15. The first-order valence-electron chi connectivity index (χ1n) is 6.02. The highest BCUT2D eigenvalue weighted by molar-refractivity contribution is 5.72. The Bertz CT molecular complexity index is 203. The van der Waals surface area contributed by atoms with E-state index in [1.165, 1.54) is 0 Å². The minimum Gasteiger partial charge on any atom is -0.465 e. The molecule has 0 N–H and O–H groups in total. The van der Waals surface area contributed by atoms with Crippen molar-refractivity contribution in [1.82, 2.24) is 0 Å². The van der Waals surface area contributed by atoms with Crippen molar-refractivity contribution < 1.29 is 19.0 Å². The van der Waals surface area contributed by atoms with Gasteiger partial charge in [-0.2, -0.15) is 0 Å². The van der Waals surface area contributed by atoms with Crippen molar-refractivity contribution in [2.75, 3.05) is 33.0 Å². The molecule has 0 amide bonds. The van der Waals surface area contributed by atoms with Crippen LogP contribution in [0.5, 0.6) is 0 Å². The fourth-order valence-electron chi connectivity index (χ4n) is 1.45. The summed E-state index contributed by atoms with van der Waals surface area (Å²) in [6.45, 7) is 6.86. The Labute approximate surface area is 97.2 Å². The van der Waals surface area contributed by atoms with Gasteiger partial charge in [-0.25, -0.2) is 0 Å². The van der Waals surface area contributed by atoms with Gasteiger partial charge in [0.05, 0.1) is 19.8 Å². The number of carbonyl (C=O) groups is 1. The normalized spacial score (nSPS) is 23.4. The molecule has 0 saturated carbocycles. The molecule has 4 heteroatoms. The summed E-state index contributed by atoms with van der Waals surface area (Å²) in [4.78, 5) is 11.6. The van der Waals surface area contributed by atoms with E-state index in [2.05, 4.69) is 13.8 Å². The van der Waals surface area contributed by atoms with Crippen LogP contribution in [0.25, 0.3) is 0 Å². The number of ether oxygens (including phenoxy) is 3. The second-order valence-electron chi connectivity index (χ2n) is 4.58. The molecule has 1 rings (SSSR count). The Kier molecular flexibility index (Phi) is 6.42. The van der Waals surface area contributed by atoms with Crippen LogP contribution in [0, 0.1) is 11.8 Å². The maximum Gasteiger partial charge on any atom is 0.313 e. The predicted molar refractivity (Wildman–Crippen MR) is 60.2 cm³/mol. The van der Waals surface area contributed by atoms with Crippen LogP contribution in [0.1, 0.15) is 26.7 Å². The SMILES string of the molecule is CC(C)COCC1COCCCCOC1=O. The minimum absolute atomic E-state index is 0.189. The molecular formula is C12H22O4. The van der Waals surface area contributed by atoms with Crippen molar-refractivity contribution in [2.24, 2.45) is 11.8 Å². The van der Waals surface area contributed by atoms with Gasteiger partial charge in [0, 0.05) is 13.2 Å². The van der Waals surface area contributed by atoms with Crippen LogP contribution in [0.4, 0.5) is 0 Å². The number of hydrogen-bond acceptors (Lipinski definition) is 4. The van der Waals surface area contributed by atoms with E-state index >= 15 is 0 Å². The van der Waals surface area contributed by atoms with Gasteiger partial charge in [-0.15, -0.1) is 0 Å². The highest BCUT2D eigenvalue weighted by Gasteiger charge is 2.21. The van der Waals surface area contributed by atoms with Crippen LogP contribution >= 0.6 is 0 Å². The summed E-state index contributed by atoms with van der Waals surface area (Å²) in [7, 11) is 0. The van der Waals surface area contributed by atoms with Gasteiger partial charge in [0.15, 0.2) is 0 Å². The molecule has 16 heavy (non-hydrogen) atoms. The highest BCUT2D eigenvalue weighted by Crippen LogP contribution is 2.08. The maximum atomic E-state index is 11.6. The summed E-state index contributed by atoms with van der Waals surface area (Å²) in [6.07, 6.45) is 1.83. The third-order valence-electron chi connectivity index (χ3n) is 2.35. The second-order valence-corrected chi connectivity index (χ2v) is 4.58. The van der Waals surface area contributed by atoms with Crippen molar-refractivity contribution >= 4 is 5.97 Å². The Balaban J connectivity index is 2.31. The van der Waals surface area contributed by atoms with Crippen LogP contribution in [-0.2, 0) is 19.0 Å². The third kappa shape index (κ3) is 5.47. The van der Waals surface area contributed by atoms with Crippen LogP contribution in [-0.4, -0.2) is 39.0 Å². The summed E-state index contributed by atoms with van der Waals surface area (Å²) < 4.78 is 16.0. The quantitative estimate of drug-likeness (QED) is 0.689. The van der Waals surface area contributed by atoms with Crippen molar-refractivity contribution in [2.45, 2.75) is 26.7 Å². The summed E-state index contributed by atoms with van der Waals surface area (Å²) in [6, 6.07) is 0. The molecule has 0 aromatic heterocycles. The summed E-state index contributed by atoms with van der Waals surface area (Å²) in [5.74, 6) is 0.0239. The van der Waals surface area contributed by atoms with E-state index in [1.54, 1.807) is 0 Å². The standard InChI is InChI=1S/C12H22O4/c1-10(2)7-15-9-11-8-14-5-3-4-6-16-12(11)13/h10-11H,3-9H2,1-2H3. The molecule has 0 spiro atoms. The molecule has 0 aromatic carbocycles. The number of esters is 1. The summed E-state index contributed by atoms with van der Waals surface area (Å²) in [5.41, 5.74) is 0. The van der Waals surface area contributed by atoms with Crippen LogP contribution in [0.15, 0.2) is 0 Å². The maximum absolute atomic E-state index is 11.6. The Morgan fingerprint density at radius 3 is 2.88 bits per heavy atom. The van der Waals surface area contributed by atoms with E-state index in [-0.39, 0.29) is 11.9 Å². The van der Waals surface area contributed by atoms with Gasteiger partial charge in [-0.3, -0.25) is 4.79 Å². The zero-order valence-corrected chi connectivity index (χ0v) is 10.2. The lowest BCUT2D eigenvalue weighted by molar-refractivity contribution is -0.152. The number of carbonyl (C=O) groups excluding carboxylic acids is 1. The molecule has 0 aromatic rings. The molecule has 1 aliphatic rings. The van der Waals surface area contributed by atoms with Gasteiger partial charge in [0.1, 0.15) is 5.92 Å². The first kappa shape index (κ1) is 13.5. The van der Waals surface area contributed by atoms with Crippen molar-refractivity contribution in [3.8, 4) is 0 Å². The average molecular weight is 230 g/mol. The Morgan fingerprint density at radius 2 is 2.12 bits per heavy atom. The molecule has 1 fully saturated rings. The second kappa shape index (κ2) is 7.63. The van der Waals surface area contributed by atoms with Gasteiger partial charge in [0.25, 0.3) is 0 Å². The van der Waals surface area contributed by atoms with E-state index in [0.717, 1.165) is 12.8 Å². The molecule has 0 aliphatic carbocycles. The first-order valence-corrected chi connectivity index (χ1v) is 6.02. The van der Waals surface area contributed by atoms with Crippen molar-refractivity contribution in [3.05, 3.63) is 0 Å². The minimum atomic E-state index is -0.267. The van der Waals surface area contributed by atoms with E-state index < -0.39 is 0 Å². The molecule has 0 bridgehead atoms. The van der Waals surface area contributed by atoms with Gasteiger partial charge in [-0.1, -0.05) is 13.8 Å². The molecular weight excluding hydrogens is 208 g/mol. The lowest BCUT2D eigenvalue weighted by atomic mass is 10.2. The van der Waals surface area contributed by atoms with E-state index in [9.17, 15) is 4.79 Å². The molecule has 1 aliphatic heterocycles. The fourth-order valence-corrected chi connectivity index (χ4v) is 1.45. The van der Waals surface area contributed by atoms with Gasteiger partial charge in [-0.05, 0) is 18.8 Å². The van der Waals surface area contributed by atoms with Crippen LogP contribution < -0.4 is 0 Å². The third-order valence-corrected chi connectivity index (χ3v) is 2.35. The van der Waals surface area contributed by atoms with Crippen LogP contribution in [0.3, 0.4) is 0 Å². The largest absolute Gasteiger partial charge is 0.465 e. The zero-order valence-electron chi connectivity index (χ0n) is 10.2.